The highest BCUT2D eigenvalue weighted by molar-refractivity contribution is 6.78. The number of hydrogen-bond donors (Lipinski definition) is 1. The van der Waals surface area contributed by atoms with Crippen LogP contribution in [0.3, 0.4) is 0 Å². The molecular weight excluding hydrogens is 324 g/mol. The molecule has 1 saturated heterocycles. The van der Waals surface area contributed by atoms with Gasteiger partial charge in [0.2, 0.25) is 0 Å². The smallest absolute Gasteiger partial charge is 0.0860 e. The van der Waals surface area contributed by atoms with Crippen molar-refractivity contribution in [2.45, 2.75) is 62.8 Å². The molecule has 134 valence electrons. The summed E-state index contributed by atoms with van der Waals surface area (Å²) in [6, 6.07) is 22.4. The van der Waals surface area contributed by atoms with Gasteiger partial charge >= 0.3 is 0 Å². The number of ether oxygens (including phenoxy) is 1. The quantitative estimate of drug-likeness (QED) is 0.771. The molecule has 2 nitrogen and oxygen atoms in total. The molecule has 0 aliphatic carbocycles. The maximum atomic E-state index is 10.4. The third kappa shape index (κ3) is 5.27. The molecule has 25 heavy (non-hydrogen) atoms. The minimum Gasteiger partial charge on any atom is -0.393 e. The number of hydrogen-bond acceptors (Lipinski definition) is 2. The largest absolute Gasteiger partial charge is 0.393 e. The minimum atomic E-state index is -1.62. The van der Waals surface area contributed by atoms with Crippen LogP contribution in [0.2, 0.25) is 13.1 Å². The van der Waals surface area contributed by atoms with Crippen molar-refractivity contribution in [3.8, 4) is 0 Å². The summed E-state index contributed by atoms with van der Waals surface area (Å²) in [6.07, 6.45) is 3.55. The summed E-state index contributed by atoms with van der Waals surface area (Å²) in [5.41, 5.74) is 2.98. The van der Waals surface area contributed by atoms with Crippen LogP contribution in [0.15, 0.2) is 60.7 Å². The van der Waals surface area contributed by atoms with E-state index in [1.165, 1.54) is 11.1 Å². The molecule has 0 bridgehead atoms. The first kappa shape index (κ1) is 18.4. The van der Waals surface area contributed by atoms with Crippen molar-refractivity contribution < 1.29 is 9.84 Å². The van der Waals surface area contributed by atoms with Crippen molar-refractivity contribution in [2.24, 2.45) is 0 Å². The van der Waals surface area contributed by atoms with Crippen LogP contribution in [-0.2, 0) is 17.2 Å². The molecule has 1 aliphatic rings. The zero-order chi connectivity index (χ0) is 17.7. The number of aryl methyl sites for hydroxylation is 1. The molecule has 1 N–H and O–H groups in total. The lowest BCUT2D eigenvalue weighted by Crippen LogP contribution is -2.52. The van der Waals surface area contributed by atoms with Gasteiger partial charge in [0.25, 0.3) is 0 Å². The summed E-state index contributed by atoms with van der Waals surface area (Å²) < 4.78 is 6.52. The number of rotatable bonds is 6. The van der Waals surface area contributed by atoms with Crippen molar-refractivity contribution in [1.29, 1.82) is 0 Å². The van der Waals surface area contributed by atoms with E-state index in [0.29, 0.717) is 0 Å². The number of aliphatic hydroxyl groups excluding tert-OH is 1. The second-order valence-electron chi connectivity index (χ2n) is 8.05. The molecule has 0 unspecified atom stereocenters. The molecule has 3 heteroatoms. The van der Waals surface area contributed by atoms with Crippen molar-refractivity contribution in [1.82, 2.24) is 0 Å². The minimum absolute atomic E-state index is 0.177. The second-order valence-corrected chi connectivity index (χ2v) is 13.0. The molecule has 2 aromatic carbocycles. The first-order valence-corrected chi connectivity index (χ1v) is 12.7. The summed E-state index contributed by atoms with van der Waals surface area (Å²) in [5, 5.41) is 10.4. The van der Waals surface area contributed by atoms with Crippen molar-refractivity contribution in [2.75, 3.05) is 0 Å². The lowest BCUT2D eigenvalue weighted by atomic mass is 9.99. The maximum Gasteiger partial charge on any atom is 0.0860 e. The molecule has 3 rings (SSSR count). The van der Waals surface area contributed by atoms with Gasteiger partial charge < -0.3 is 9.84 Å². The van der Waals surface area contributed by atoms with Crippen LogP contribution in [0.25, 0.3) is 0 Å². The SMILES string of the molecule is C[Si](C)(Cc1ccccc1)[C@H]1C[C@@H](O)C[C@@H](CCc2ccccc2)O1. The molecule has 1 fully saturated rings. The molecule has 1 heterocycles. The van der Waals surface area contributed by atoms with E-state index in [1.807, 2.05) is 0 Å². The van der Waals surface area contributed by atoms with E-state index in [0.717, 1.165) is 31.7 Å². The summed E-state index contributed by atoms with van der Waals surface area (Å²) in [5.74, 6) is 0. The summed E-state index contributed by atoms with van der Waals surface area (Å²) in [7, 11) is -1.62. The van der Waals surface area contributed by atoms with Crippen LogP contribution in [0.4, 0.5) is 0 Å². The summed E-state index contributed by atoms with van der Waals surface area (Å²) in [4.78, 5) is 0. The van der Waals surface area contributed by atoms with Crippen LogP contribution >= 0.6 is 0 Å². The van der Waals surface area contributed by atoms with Crippen LogP contribution in [0.1, 0.15) is 30.4 Å². The molecule has 3 atom stereocenters. The van der Waals surface area contributed by atoms with E-state index in [4.69, 9.17) is 4.74 Å². The highest BCUT2D eigenvalue weighted by atomic mass is 28.3. The molecule has 0 aromatic heterocycles. The average molecular weight is 355 g/mol. The lowest BCUT2D eigenvalue weighted by Gasteiger charge is -2.41. The zero-order valence-corrected chi connectivity index (χ0v) is 16.4. The number of benzene rings is 2. The molecule has 0 radical (unpaired) electrons. The Hall–Kier alpha value is -1.42. The van der Waals surface area contributed by atoms with Crippen LogP contribution in [0.5, 0.6) is 0 Å². The van der Waals surface area contributed by atoms with Gasteiger partial charge in [-0.2, -0.15) is 0 Å². The fraction of sp³-hybridized carbons (Fsp3) is 0.455. The predicted molar refractivity (Wildman–Crippen MR) is 106 cm³/mol. The predicted octanol–water partition coefficient (Wildman–Crippen LogP) is 4.56. The Morgan fingerprint density at radius 3 is 2.16 bits per heavy atom. The standard InChI is InChI=1S/C22H30O2Si/c1-25(2,17-19-11-7-4-8-12-19)22-16-20(23)15-21(24-22)14-13-18-9-5-3-6-10-18/h3-12,20-23H,13-17H2,1-2H3/t20-,21+,22-/m0/s1. The molecule has 0 spiro atoms. The Labute approximate surface area is 152 Å². The first-order chi connectivity index (χ1) is 12.0. The van der Waals surface area contributed by atoms with E-state index in [1.54, 1.807) is 0 Å². The Morgan fingerprint density at radius 2 is 1.52 bits per heavy atom. The van der Waals surface area contributed by atoms with E-state index in [-0.39, 0.29) is 17.9 Å². The second kappa shape index (κ2) is 8.30. The van der Waals surface area contributed by atoms with Gasteiger partial charge in [-0.1, -0.05) is 79.3 Å². The lowest BCUT2D eigenvalue weighted by molar-refractivity contribution is -0.0696. The molecular formula is C22H30O2Si. The maximum absolute atomic E-state index is 10.4. The molecule has 0 saturated carbocycles. The fourth-order valence-corrected chi connectivity index (χ4v) is 6.87. The van der Waals surface area contributed by atoms with Gasteiger partial charge in [-0.05, 0) is 37.3 Å². The third-order valence-corrected chi connectivity index (χ3v) is 8.78. The van der Waals surface area contributed by atoms with Gasteiger partial charge in [0.15, 0.2) is 0 Å². The molecule has 2 aromatic rings. The van der Waals surface area contributed by atoms with Crippen LogP contribution in [-0.4, -0.2) is 31.1 Å². The van der Waals surface area contributed by atoms with Gasteiger partial charge in [-0.3, -0.25) is 0 Å². The van der Waals surface area contributed by atoms with Gasteiger partial charge in [-0.15, -0.1) is 0 Å². The topological polar surface area (TPSA) is 29.5 Å². The highest BCUT2D eigenvalue weighted by Crippen LogP contribution is 2.30. The summed E-state index contributed by atoms with van der Waals surface area (Å²) in [6.45, 7) is 4.80. The van der Waals surface area contributed by atoms with Gasteiger partial charge in [-0.25, -0.2) is 0 Å². The van der Waals surface area contributed by atoms with Crippen molar-refractivity contribution in [3.63, 3.8) is 0 Å². The van der Waals surface area contributed by atoms with Gasteiger partial charge in [0, 0.05) is 0 Å². The Kier molecular flexibility index (Phi) is 6.10. The normalized spacial score (nSPS) is 24.2. The average Bonchev–Trinajstić information content (AvgIpc) is 2.61. The third-order valence-electron chi connectivity index (χ3n) is 5.35. The van der Waals surface area contributed by atoms with Gasteiger partial charge in [0.1, 0.15) is 0 Å². The summed E-state index contributed by atoms with van der Waals surface area (Å²) >= 11 is 0. The molecule has 0 amide bonds. The zero-order valence-electron chi connectivity index (χ0n) is 15.4. The Balaban J connectivity index is 1.61. The van der Waals surface area contributed by atoms with Gasteiger partial charge in [0.05, 0.1) is 26.0 Å². The van der Waals surface area contributed by atoms with E-state index in [9.17, 15) is 5.11 Å². The monoisotopic (exact) mass is 354 g/mol. The van der Waals surface area contributed by atoms with Crippen LogP contribution < -0.4 is 0 Å². The van der Waals surface area contributed by atoms with Crippen LogP contribution in [0, 0.1) is 0 Å². The van der Waals surface area contributed by atoms with E-state index in [2.05, 4.69) is 73.8 Å². The van der Waals surface area contributed by atoms with Crippen molar-refractivity contribution in [3.05, 3.63) is 71.8 Å². The Bertz CT molecular complexity index is 642. The van der Waals surface area contributed by atoms with E-state index >= 15 is 0 Å². The molecule has 1 aliphatic heterocycles. The van der Waals surface area contributed by atoms with Crippen molar-refractivity contribution >= 4 is 8.07 Å². The highest BCUT2D eigenvalue weighted by Gasteiger charge is 2.39. The number of aliphatic hydroxyl groups is 1. The fourth-order valence-electron chi connectivity index (χ4n) is 3.89. The Morgan fingerprint density at radius 1 is 0.920 bits per heavy atom. The first-order valence-electron chi connectivity index (χ1n) is 9.44. The van der Waals surface area contributed by atoms with E-state index < -0.39 is 8.07 Å².